The van der Waals surface area contributed by atoms with E-state index in [1.807, 2.05) is 36.2 Å². The Balaban J connectivity index is 0.00000320. The predicted molar refractivity (Wildman–Crippen MR) is 133 cm³/mol. The molecule has 0 unspecified atom stereocenters. The lowest BCUT2D eigenvalue weighted by Crippen LogP contribution is -2.38. The van der Waals surface area contributed by atoms with E-state index in [-0.39, 0.29) is 29.9 Å². The average molecular weight is 523 g/mol. The van der Waals surface area contributed by atoms with Crippen molar-refractivity contribution in [3.05, 3.63) is 59.4 Å². The molecular weight excluding hydrogens is 489 g/mol. The molecule has 0 radical (unpaired) electrons. The van der Waals surface area contributed by atoms with Crippen molar-refractivity contribution in [3.8, 4) is 0 Å². The van der Waals surface area contributed by atoms with Gasteiger partial charge in [-0.3, -0.25) is 4.79 Å². The van der Waals surface area contributed by atoms with Crippen LogP contribution >= 0.6 is 24.0 Å². The van der Waals surface area contributed by atoms with E-state index in [1.165, 1.54) is 12.1 Å². The number of hydrogen-bond acceptors (Lipinski definition) is 2. The Hall–Kier alpha value is -2.03. The van der Waals surface area contributed by atoms with Crippen LogP contribution in [-0.4, -0.2) is 52.9 Å². The lowest BCUT2D eigenvalue weighted by molar-refractivity contribution is 0.0724. The number of benzene rings is 1. The molecule has 30 heavy (non-hydrogen) atoms. The second-order valence-corrected chi connectivity index (χ2v) is 7.69. The molecule has 1 aliphatic heterocycles. The Bertz CT molecular complexity index is 842. The van der Waals surface area contributed by atoms with Crippen LogP contribution in [0.25, 0.3) is 0 Å². The zero-order chi connectivity index (χ0) is 20.6. The van der Waals surface area contributed by atoms with Gasteiger partial charge in [0.15, 0.2) is 5.96 Å². The summed E-state index contributed by atoms with van der Waals surface area (Å²) >= 11 is 0. The molecule has 1 N–H and O–H groups in total. The molecule has 7 heteroatoms. The summed E-state index contributed by atoms with van der Waals surface area (Å²) in [6, 6.07) is 12.1. The second kappa shape index (κ2) is 12.0. The Morgan fingerprint density at radius 2 is 1.93 bits per heavy atom. The number of aliphatic imine (C=N–C) groups is 1. The Morgan fingerprint density at radius 3 is 2.60 bits per heavy atom. The molecule has 0 saturated carbocycles. The largest absolute Gasteiger partial charge is 0.357 e. The van der Waals surface area contributed by atoms with Crippen LogP contribution in [0.3, 0.4) is 0 Å². The Morgan fingerprint density at radius 1 is 1.17 bits per heavy atom. The van der Waals surface area contributed by atoms with Crippen molar-refractivity contribution in [1.29, 1.82) is 0 Å². The number of piperidine rings is 1. The van der Waals surface area contributed by atoms with Crippen LogP contribution < -0.4 is 5.32 Å². The highest BCUT2D eigenvalue weighted by atomic mass is 127. The molecule has 0 spiro atoms. The van der Waals surface area contributed by atoms with Crippen molar-refractivity contribution in [2.45, 2.75) is 39.3 Å². The molecule has 3 rings (SSSR count). The summed E-state index contributed by atoms with van der Waals surface area (Å²) in [5.74, 6) is 1.00. The number of hydrogen-bond donors (Lipinski definition) is 1. The maximum atomic E-state index is 12.8. The second-order valence-electron chi connectivity index (χ2n) is 7.69. The van der Waals surface area contributed by atoms with Gasteiger partial charge in [0.2, 0.25) is 0 Å². The van der Waals surface area contributed by atoms with Crippen LogP contribution in [0.4, 0.5) is 0 Å². The quantitative estimate of drug-likeness (QED) is 0.356. The molecule has 0 aliphatic carbocycles. The van der Waals surface area contributed by atoms with Crippen LogP contribution in [0.2, 0.25) is 0 Å². The number of amides is 1. The van der Waals surface area contributed by atoms with Gasteiger partial charge < -0.3 is 19.7 Å². The van der Waals surface area contributed by atoms with Crippen LogP contribution in [0.1, 0.15) is 47.8 Å². The van der Waals surface area contributed by atoms with Crippen molar-refractivity contribution < 1.29 is 4.79 Å². The van der Waals surface area contributed by atoms with Gasteiger partial charge in [-0.2, -0.15) is 0 Å². The summed E-state index contributed by atoms with van der Waals surface area (Å²) in [6.45, 7) is 5.95. The minimum Gasteiger partial charge on any atom is -0.357 e. The van der Waals surface area contributed by atoms with Crippen molar-refractivity contribution in [3.63, 3.8) is 0 Å². The topological polar surface area (TPSA) is 52.9 Å². The van der Waals surface area contributed by atoms with Crippen LogP contribution in [-0.2, 0) is 20.1 Å². The summed E-state index contributed by atoms with van der Waals surface area (Å²) in [7, 11) is 4.10. The van der Waals surface area contributed by atoms with E-state index in [4.69, 9.17) is 4.99 Å². The smallest absolute Gasteiger partial charge is 0.253 e. The number of nitrogens with one attached hydrogen (secondary N) is 1. The molecule has 1 fully saturated rings. The first-order valence-corrected chi connectivity index (χ1v) is 10.6. The normalized spacial score (nSPS) is 14.2. The third-order valence-electron chi connectivity index (χ3n) is 5.38. The monoisotopic (exact) mass is 523 g/mol. The summed E-state index contributed by atoms with van der Waals surface area (Å²) < 4.78 is 2.12. The minimum atomic E-state index is 0. The van der Waals surface area contributed by atoms with E-state index < -0.39 is 0 Å². The minimum absolute atomic E-state index is 0. The molecule has 2 heterocycles. The van der Waals surface area contributed by atoms with E-state index >= 15 is 0 Å². The standard InChI is InChI=1S/C23H33N5O.HI/c1-4-24-23(27(3)18-21-12-9-13-26(21)2)25-17-19-10-8-11-20(16-19)22(29)28-14-6-5-7-15-28;/h8-13,16H,4-7,14-15,17-18H2,1-3H3,(H,24,25);1H. The Labute approximate surface area is 197 Å². The zero-order valence-corrected chi connectivity index (χ0v) is 20.6. The molecular formula is C23H34IN5O. The molecule has 1 aliphatic rings. The third-order valence-corrected chi connectivity index (χ3v) is 5.38. The summed E-state index contributed by atoms with van der Waals surface area (Å²) in [5, 5.41) is 3.37. The van der Waals surface area contributed by atoms with Gasteiger partial charge in [0.25, 0.3) is 5.91 Å². The molecule has 1 aromatic heterocycles. The molecule has 0 atom stereocenters. The van der Waals surface area contributed by atoms with Crippen LogP contribution in [0.5, 0.6) is 0 Å². The van der Waals surface area contributed by atoms with Crippen molar-refractivity contribution in [1.82, 2.24) is 19.7 Å². The summed E-state index contributed by atoms with van der Waals surface area (Å²) in [4.78, 5) is 21.7. The van der Waals surface area contributed by atoms with Crippen LogP contribution in [0, 0.1) is 0 Å². The van der Waals surface area contributed by atoms with Crippen molar-refractivity contribution in [2.24, 2.45) is 12.0 Å². The van der Waals surface area contributed by atoms with Gasteiger partial charge in [0.1, 0.15) is 0 Å². The van der Waals surface area contributed by atoms with Gasteiger partial charge in [-0.15, -0.1) is 24.0 Å². The highest BCUT2D eigenvalue weighted by Crippen LogP contribution is 2.15. The number of aromatic nitrogens is 1. The molecule has 1 amide bonds. The average Bonchev–Trinajstić information content (AvgIpc) is 3.15. The molecule has 1 saturated heterocycles. The first-order valence-electron chi connectivity index (χ1n) is 10.6. The summed E-state index contributed by atoms with van der Waals surface area (Å²) in [5.41, 5.74) is 3.05. The number of halogens is 1. The fourth-order valence-corrected chi connectivity index (χ4v) is 3.70. The number of carbonyl (C=O) groups is 1. The first kappa shape index (κ1) is 24.2. The maximum absolute atomic E-state index is 12.8. The van der Waals surface area contributed by atoms with E-state index in [9.17, 15) is 4.79 Å². The van der Waals surface area contributed by atoms with Crippen LogP contribution in [0.15, 0.2) is 47.6 Å². The van der Waals surface area contributed by atoms with Gasteiger partial charge in [-0.25, -0.2) is 4.99 Å². The molecule has 0 bridgehead atoms. The van der Waals surface area contributed by atoms with Gasteiger partial charge in [-0.1, -0.05) is 12.1 Å². The number of carbonyl (C=O) groups excluding carboxylic acids is 1. The molecule has 2 aromatic rings. The van der Waals surface area contributed by atoms with Crippen molar-refractivity contribution >= 4 is 35.8 Å². The van der Waals surface area contributed by atoms with Gasteiger partial charge in [-0.05, 0) is 56.0 Å². The number of nitrogens with zero attached hydrogens (tertiary/aromatic N) is 4. The molecule has 164 valence electrons. The Kier molecular flexibility index (Phi) is 9.68. The van der Waals surface area contributed by atoms with Gasteiger partial charge in [0, 0.05) is 51.2 Å². The number of guanidine groups is 1. The lowest BCUT2D eigenvalue weighted by atomic mass is 10.1. The van der Waals surface area contributed by atoms with E-state index in [2.05, 4.69) is 47.1 Å². The van der Waals surface area contributed by atoms with E-state index in [0.717, 1.165) is 56.1 Å². The maximum Gasteiger partial charge on any atom is 0.253 e. The lowest BCUT2D eigenvalue weighted by Gasteiger charge is -2.26. The number of rotatable bonds is 6. The third kappa shape index (κ3) is 6.48. The number of aryl methyl sites for hydroxylation is 1. The predicted octanol–water partition coefficient (Wildman–Crippen LogP) is 3.87. The molecule has 1 aromatic carbocycles. The number of likely N-dealkylation sites (tertiary alicyclic amines) is 1. The highest BCUT2D eigenvalue weighted by Gasteiger charge is 2.18. The zero-order valence-electron chi connectivity index (χ0n) is 18.3. The molecule has 6 nitrogen and oxygen atoms in total. The van der Waals surface area contributed by atoms with Gasteiger partial charge >= 0.3 is 0 Å². The fourth-order valence-electron chi connectivity index (χ4n) is 3.70. The van der Waals surface area contributed by atoms with E-state index in [0.29, 0.717) is 6.54 Å². The van der Waals surface area contributed by atoms with Crippen molar-refractivity contribution in [2.75, 3.05) is 26.7 Å². The summed E-state index contributed by atoms with van der Waals surface area (Å²) in [6.07, 6.45) is 5.49. The van der Waals surface area contributed by atoms with E-state index in [1.54, 1.807) is 0 Å². The SMILES string of the molecule is CCNC(=NCc1cccc(C(=O)N2CCCCC2)c1)N(C)Cc1cccn1C.I. The first-order chi connectivity index (χ1) is 14.1. The fraction of sp³-hybridized carbons (Fsp3) is 0.478. The van der Waals surface area contributed by atoms with Gasteiger partial charge in [0.05, 0.1) is 13.1 Å². The highest BCUT2D eigenvalue weighted by molar-refractivity contribution is 14.0.